The summed E-state index contributed by atoms with van der Waals surface area (Å²) >= 11 is 0. The van der Waals surface area contributed by atoms with Crippen molar-refractivity contribution in [2.45, 2.75) is 20.3 Å². The van der Waals surface area contributed by atoms with Gasteiger partial charge in [0.15, 0.2) is 0 Å². The van der Waals surface area contributed by atoms with Gasteiger partial charge in [0, 0.05) is 18.2 Å². The first-order chi connectivity index (χ1) is 11.1. The molecule has 3 aromatic rings. The maximum absolute atomic E-state index is 12.1. The molecule has 0 aliphatic rings. The standard InChI is InChI=1S/C18H17N3O2/c1-12-10-15(18-19-13(2)23-21-18)8-9-16(12)20-17(22)11-14-6-4-3-5-7-14/h3-10H,11H2,1-2H3,(H,20,22). The van der Waals surface area contributed by atoms with Crippen LogP contribution in [0.4, 0.5) is 5.69 Å². The highest BCUT2D eigenvalue weighted by Crippen LogP contribution is 2.23. The normalized spacial score (nSPS) is 10.5. The van der Waals surface area contributed by atoms with Crippen LogP contribution in [0.3, 0.4) is 0 Å². The van der Waals surface area contributed by atoms with Gasteiger partial charge in [-0.1, -0.05) is 35.5 Å². The zero-order valence-corrected chi connectivity index (χ0v) is 13.0. The number of rotatable bonds is 4. The van der Waals surface area contributed by atoms with Crippen LogP contribution in [0.15, 0.2) is 53.1 Å². The Hall–Kier alpha value is -2.95. The molecule has 1 heterocycles. The number of aryl methyl sites for hydroxylation is 2. The molecule has 5 heteroatoms. The summed E-state index contributed by atoms with van der Waals surface area (Å²) in [5.41, 5.74) is 3.59. The van der Waals surface area contributed by atoms with Gasteiger partial charge in [0.25, 0.3) is 0 Å². The zero-order chi connectivity index (χ0) is 16.2. The Morgan fingerprint density at radius 3 is 2.57 bits per heavy atom. The molecule has 1 aromatic heterocycles. The smallest absolute Gasteiger partial charge is 0.228 e. The Labute approximate surface area is 134 Å². The summed E-state index contributed by atoms with van der Waals surface area (Å²) in [4.78, 5) is 16.3. The van der Waals surface area contributed by atoms with Crippen molar-refractivity contribution in [2.24, 2.45) is 0 Å². The van der Waals surface area contributed by atoms with Crippen LogP contribution in [0.2, 0.25) is 0 Å². The van der Waals surface area contributed by atoms with Gasteiger partial charge < -0.3 is 9.84 Å². The van der Waals surface area contributed by atoms with E-state index in [1.807, 2.05) is 55.5 Å². The second-order valence-corrected chi connectivity index (χ2v) is 5.38. The lowest BCUT2D eigenvalue weighted by atomic mass is 10.1. The molecule has 1 amide bonds. The van der Waals surface area contributed by atoms with Gasteiger partial charge in [-0.3, -0.25) is 4.79 Å². The molecule has 0 saturated heterocycles. The molecule has 0 fully saturated rings. The lowest BCUT2D eigenvalue weighted by Gasteiger charge is -2.09. The molecule has 3 rings (SSSR count). The minimum atomic E-state index is -0.0394. The van der Waals surface area contributed by atoms with Gasteiger partial charge in [-0.2, -0.15) is 4.98 Å². The fraction of sp³-hybridized carbons (Fsp3) is 0.167. The molecule has 23 heavy (non-hydrogen) atoms. The molecule has 0 unspecified atom stereocenters. The number of carbonyl (C=O) groups excluding carboxylic acids is 1. The van der Waals surface area contributed by atoms with E-state index in [4.69, 9.17) is 4.52 Å². The van der Waals surface area contributed by atoms with Crippen LogP contribution in [0.1, 0.15) is 17.0 Å². The Bertz CT molecular complexity index is 825. The number of hydrogen-bond acceptors (Lipinski definition) is 4. The molecule has 0 bridgehead atoms. The van der Waals surface area contributed by atoms with E-state index in [0.717, 1.165) is 22.4 Å². The third-order valence-corrected chi connectivity index (χ3v) is 3.49. The van der Waals surface area contributed by atoms with Crippen LogP contribution in [-0.4, -0.2) is 16.0 Å². The first kappa shape index (κ1) is 15.0. The van der Waals surface area contributed by atoms with Crippen LogP contribution in [0, 0.1) is 13.8 Å². The Balaban J connectivity index is 1.72. The lowest BCUT2D eigenvalue weighted by Crippen LogP contribution is -2.15. The van der Waals surface area contributed by atoms with E-state index in [0.29, 0.717) is 18.1 Å². The minimum Gasteiger partial charge on any atom is -0.339 e. The fourth-order valence-corrected chi connectivity index (χ4v) is 2.34. The zero-order valence-electron chi connectivity index (χ0n) is 13.0. The lowest BCUT2D eigenvalue weighted by molar-refractivity contribution is -0.115. The predicted molar refractivity (Wildman–Crippen MR) is 88.0 cm³/mol. The van der Waals surface area contributed by atoms with Gasteiger partial charge >= 0.3 is 0 Å². The van der Waals surface area contributed by atoms with E-state index >= 15 is 0 Å². The third kappa shape index (κ3) is 3.63. The van der Waals surface area contributed by atoms with E-state index in [1.165, 1.54) is 0 Å². The largest absolute Gasteiger partial charge is 0.339 e. The molecule has 116 valence electrons. The van der Waals surface area contributed by atoms with Crippen molar-refractivity contribution < 1.29 is 9.32 Å². The molecule has 2 aromatic carbocycles. The van der Waals surface area contributed by atoms with E-state index in [-0.39, 0.29) is 5.91 Å². The van der Waals surface area contributed by atoms with E-state index in [9.17, 15) is 4.79 Å². The summed E-state index contributed by atoms with van der Waals surface area (Å²) < 4.78 is 4.99. The highest BCUT2D eigenvalue weighted by Gasteiger charge is 2.10. The van der Waals surface area contributed by atoms with Crippen molar-refractivity contribution in [3.05, 3.63) is 65.5 Å². The molecule has 0 aliphatic carbocycles. The average Bonchev–Trinajstić information content (AvgIpc) is 2.97. The van der Waals surface area contributed by atoms with Gasteiger partial charge in [-0.25, -0.2) is 0 Å². The highest BCUT2D eigenvalue weighted by atomic mass is 16.5. The van der Waals surface area contributed by atoms with Gasteiger partial charge in [0.05, 0.1) is 6.42 Å². The van der Waals surface area contributed by atoms with Crippen molar-refractivity contribution in [2.75, 3.05) is 5.32 Å². The third-order valence-electron chi connectivity index (χ3n) is 3.49. The maximum Gasteiger partial charge on any atom is 0.228 e. The number of hydrogen-bond donors (Lipinski definition) is 1. The predicted octanol–water partition coefficient (Wildman–Crippen LogP) is 3.53. The van der Waals surface area contributed by atoms with Gasteiger partial charge in [-0.15, -0.1) is 0 Å². The topological polar surface area (TPSA) is 68.0 Å². The Kier molecular flexibility index (Phi) is 4.19. The monoisotopic (exact) mass is 307 g/mol. The average molecular weight is 307 g/mol. The maximum atomic E-state index is 12.1. The second kappa shape index (κ2) is 6.44. The molecule has 1 N–H and O–H groups in total. The van der Waals surface area contributed by atoms with Crippen molar-refractivity contribution in [3.63, 3.8) is 0 Å². The molecule has 5 nitrogen and oxygen atoms in total. The van der Waals surface area contributed by atoms with Crippen molar-refractivity contribution in [3.8, 4) is 11.4 Å². The minimum absolute atomic E-state index is 0.0394. The summed E-state index contributed by atoms with van der Waals surface area (Å²) in [6, 6.07) is 15.3. The number of amides is 1. The van der Waals surface area contributed by atoms with Crippen LogP contribution in [0.25, 0.3) is 11.4 Å². The Morgan fingerprint density at radius 1 is 1.13 bits per heavy atom. The summed E-state index contributed by atoms with van der Waals surface area (Å²) in [6.07, 6.45) is 0.353. The van der Waals surface area contributed by atoms with Crippen LogP contribution in [0.5, 0.6) is 0 Å². The van der Waals surface area contributed by atoms with E-state index in [1.54, 1.807) is 6.92 Å². The van der Waals surface area contributed by atoms with E-state index in [2.05, 4.69) is 15.5 Å². The molecule has 0 spiro atoms. The molecule has 0 radical (unpaired) electrons. The Morgan fingerprint density at radius 2 is 1.91 bits per heavy atom. The number of carbonyl (C=O) groups is 1. The molecule has 0 saturated carbocycles. The van der Waals surface area contributed by atoms with Crippen molar-refractivity contribution in [1.82, 2.24) is 10.1 Å². The van der Waals surface area contributed by atoms with E-state index < -0.39 is 0 Å². The van der Waals surface area contributed by atoms with Gasteiger partial charge in [0.2, 0.25) is 17.6 Å². The molecular weight excluding hydrogens is 290 g/mol. The summed E-state index contributed by atoms with van der Waals surface area (Å²) in [6.45, 7) is 3.69. The molecule has 0 atom stereocenters. The second-order valence-electron chi connectivity index (χ2n) is 5.38. The SMILES string of the molecule is Cc1nc(-c2ccc(NC(=O)Cc3ccccc3)c(C)c2)no1. The number of benzene rings is 2. The molecule has 0 aliphatic heterocycles. The summed E-state index contributed by atoms with van der Waals surface area (Å²) in [5, 5.41) is 6.84. The van der Waals surface area contributed by atoms with Crippen molar-refractivity contribution >= 4 is 11.6 Å². The van der Waals surface area contributed by atoms with Crippen LogP contribution >= 0.6 is 0 Å². The first-order valence-corrected chi connectivity index (χ1v) is 7.37. The number of anilines is 1. The highest BCUT2D eigenvalue weighted by molar-refractivity contribution is 5.93. The van der Waals surface area contributed by atoms with Crippen LogP contribution in [-0.2, 0) is 11.2 Å². The quantitative estimate of drug-likeness (QED) is 0.800. The van der Waals surface area contributed by atoms with Gasteiger partial charge in [0.1, 0.15) is 0 Å². The first-order valence-electron chi connectivity index (χ1n) is 7.37. The van der Waals surface area contributed by atoms with Crippen LogP contribution < -0.4 is 5.32 Å². The van der Waals surface area contributed by atoms with Crippen molar-refractivity contribution in [1.29, 1.82) is 0 Å². The molecular formula is C18H17N3O2. The van der Waals surface area contributed by atoms with Gasteiger partial charge in [-0.05, 0) is 36.2 Å². The summed E-state index contributed by atoms with van der Waals surface area (Å²) in [5.74, 6) is 1.04. The number of nitrogens with one attached hydrogen (secondary N) is 1. The number of nitrogens with zero attached hydrogens (tertiary/aromatic N) is 2. The summed E-state index contributed by atoms with van der Waals surface area (Å²) in [7, 11) is 0. The fourth-order valence-electron chi connectivity index (χ4n) is 2.34. The number of aromatic nitrogens is 2.